The van der Waals surface area contributed by atoms with E-state index >= 15 is 0 Å². The molecule has 2 aliphatic rings. The molecule has 0 radical (unpaired) electrons. The van der Waals surface area contributed by atoms with Gasteiger partial charge >= 0.3 is 5.97 Å². The Labute approximate surface area is 85.2 Å². The molecule has 1 atom stereocenters. The van der Waals surface area contributed by atoms with Crippen molar-refractivity contribution < 1.29 is 14.7 Å². The molecule has 0 aromatic rings. The van der Waals surface area contributed by atoms with E-state index < -0.39 is 12.1 Å². The zero-order valence-electron chi connectivity index (χ0n) is 7.94. The highest BCUT2D eigenvalue weighted by molar-refractivity contribution is 6.02. The molecular weight excluding hydrogens is 200 g/mol. The number of rotatable bonds is 1. The molecule has 2 rings (SSSR count). The molecule has 2 aliphatic heterocycles. The van der Waals surface area contributed by atoms with Crippen LogP contribution in [0.25, 0.3) is 0 Å². The van der Waals surface area contributed by atoms with E-state index in [0.29, 0.717) is 0 Å². The summed E-state index contributed by atoms with van der Waals surface area (Å²) in [7, 11) is 1.54. The summed E-state index contributed by atoms with van der Waals surface area (Å²) in [6.07, 6.45) is 0.844. The largest absolute Gasteiger partial charge is 0.478 e. The summed E-state index contributed by atoms with van der Waals surface area (Å²) in [4.78, 5) is 22.4. The van der Waals surface area contributed by atoms with E-state index in [-0.39, 0.29) is 22.8 Å². The first-order valence-corrected chi connectivity index (χ1v) is 4.26. The first-order chi connectivity index (χ1) is 7.02. The number of nitrogens with two attached hydrogens (primary N) is 1. The number of nitrogens with zero attached hydrogens (tertiary/aromatic N) is 1. The number of carboxylic acids is 1. The molecule has 0 aromatic heterocycles. The number of carbonyl (C=O) groups is 2. The number of aliphatic carboxylic acids is 1. The van der Waals surface area contributed by atoms with Gasteiger partial charge < -0.3 is 16.2 Å². The molecule has 5 N–H and O–H groups in total. The second-order valence-electron chi connectivity index (χ2n) is 3.28. The van der Waals surface area contributed by atoms with Gasteiger partial charge in [0.2, 0.25) is 0 Å². The predicted molar refractivity (Wildman–Crippen MR) is 49.8 cm³/mol. The summed E-state index contributed by atoms with van der Waals surface area (Å²) >= 11 is 0. The second-order valence-corrected chi connectivity index (χ2v) is 3.28. The van der Waals surface area contributed by atoms with Crippen LogP contribution in [-0.2, 0) is 9.59 Å². The van der Waals surface area contributed by atoms with Crippen molar-refractivity contribution in [2.24, 2.45) is 5.73 Å². The molecule has 1 amide bonds. The molecule has 0 aliphatic carbocycles. The molecule has 80 valence electrons. The summed E-state index contributed by atoms with van der Waals surface area (Å²) < 4.78 is 0. The normalized spacial score (nSPS) is 24.9. The fourth-order valence-corrected chi connectivity index (χ4v) is 1.58. The molecule has 2 heterocycles. The maximum Gasteiger partial charge on any atom is 0.339 e. The van der Waals surface area contributed by atoms with Gasteiger partial charge in [0.1, 0.15) is 6.17 Å². The average Bonchev–Trinajstić information content (AvgIpc) is 2.43. The number of amides is 1. The molecule has 0 spiro atoms. The van der Waals surface area contributed by atoms with Crippen molar-refractivity contribution in [1.29, 1.82) is 0 Å². The zero-order chi connectivity index (χ0) is 11.2. The Morgan fingerprint density at radius 1 is 1.67 bits per heavy atom. The standard InChI is InChI=1S/C8H10N4O3/c1-12-7(13)4-5(9)3(8(14)15)2-10-6(4)11-12/h2,6,10-11H,9H2,1H3,(H,14,15). The van der Waals surface area contributed by atoms with Crippen LogP contribution in [0.3, 0.4) is 0 Å². The van der Waals surface area contributed by atoms with E-state index in [1.807, 2.05) is 0 Å². The van der Waals surface area contributed by atoms with Gasteiger partial charge in [-0.15, -0.1) is 0 Å². The number of likely N-dealkylation sites (N-methyl/N-ethyl adjacent to an activating group) is 1. The smallest absolute Gasteiger partial charge is 0.339 e. The minimum atomic E-state index is -1.16. The van der Waals surface area contributed by atoms with Crippen molar-refractivity contribution >= 4 is 11.9 Å². The van der Waals surface area contributed by atoms with Crippen molar-refractivity contribution in [1.82, 2.24) is 15.8 Å². The van der Waals surface area contributed by atoms with E-state index in [1.165, 1.54) is 11.2 Å². The minimum absolute atomic E-state index is 0.00750. The Bertz CT molecular complexity index is 412. The van der Waals surface area contributed by atoms with Gasteiger partial charge in [0.15, 0.2) is 0 Å². The van der Waals surface area contributed by atoms with Crippen molar-refractivity contribution in [3.63, 3.8) is 0 Å². The third kappa shape index (κ3) is 1.24. The third-order valence-electron chi connectivity index (χ3n) is 2.35. The molecule has 0 saturated carbocycles. The van der Waals surface area contributed by atoms with Gasteiger partial charge in [0.25, 0.3) is 5.91 Å². The van der Waals surface area contributed by atoms with Gasteiger partial charge in [-0.3, -0.25) is 9.80 Å². The van der Waals surface area contributed by atoms with Gasteiger partial charge in [-0.2, -0.15) is 0 Å². The maximum absolute atomic E-state index is 11.6. The van der Waals surface area contributed by atoms with Crippen LogP contribution in [0.15, 0.2) is 23.0 Å². The van der Waals surface area contributed by atoms with Crippen molar-refractivity contribution in [2.75, 3.05) is 7.05 Å². The van der Waals surface area contributed by atoms with Crippen LogP contribution < -0.4 is 16.5 Å². The van der Waals surface area contributed by atoms with Crippen molar-refractivity contribution in [2.45, 2.75) is 6.17 Å². The molecular formula is C8H10N4O3. The average molecular weight is 210 g/mol. The Kier molecular flexibility index (Phi) is 1.90. The number of hydrogen-bond acceptors (Lipinski definition) is 5. The Morgan fingerprint density at radius 3 is 2.93 bits per heavy atom. The first-order valence-electron chi connectivity index (χ1n) is 4.26. The highest BCUT2D eigenvalue weighted by atomic mass is 16.4. The molecule has 1 unspecified atom stereocenters. The van der Waals surface area contributed by atoms with E-state index in [4.69, 9.17) is 10.8 Å². The zero-order valence-corrected chi connectivity index (χ0v) is 7.94. The summed E-state index contributed by atoms with van der Waals surface area (Å²) in [5.74, 6) is -1.48. The lowest BCUT2D eigenvalue weighted by Crippen LogP contribution is -2.42. The van der Waals surface area contributed by atoms with E-state index in [0.717, 1.165) is 0 Å². The quantitative estimate of drug-likeness (QED) is 0.401. The number of dihydropyridines is 1. The second kappa shape index (κ2) is 2.99. The highest BCUT2D eigenvalue weighted by Crippen LogP contribution is 2.22. The lowest BCUT2D eigenvalue weighted by Gasteiger charge is -2.19. The van der Waals surface area contributed by atoms with Gasteiger partial charge in [0, 0.05) is 13.2 Å². The highest BCUT2D eigenvalue weighted by Gasteiger charge is 2.38. The van der Waals surface area contributed by atoms with Crippen molar-refractivity contribution in [3.8, 4) is 0 Å². The number of hydrazine groups is 1. The fourth-order valence-electron chi connectivity index (χ4n) is 1.58. The topological polar surface area (TPSA) is 108 Å². The van der Waals surface area contributed by atoms with Gasteiger partial charge in [0.05, 0.1) is 16.8 Å². The fraction of sp³-hybridized carbons (Fsp3) is 0.250. The van der Waals surface area contributed by atoms with Gasteiger partial charge in [-0.05, 0) is 0 Å². The molecule has 1 saturated heterocycles. The SMILES string of the molecule is CN1NC2NC=C(C(=O)O)C(N)=C2C1=O. The number of carbonyl (C=O) groups excluding carboxylic acids is 1. The van der Waals surface area contributed by atoms with Crippen LogP contribution in [0.2, 0.25) is 0 Å². The minimum Gasteiger partial charge on any atom is -0.478 e. The van der Waals surface area contributed by atoms with E-state index in [1.54, 1.807) is 7.05 Å². The van der Waals surface area contributed by atoms with Crippen LogP contribution in [0.1, 0.15) is 0 Å². The molecule has 7 heteroatoms. The number of hydrogen-bond donors (Lipinski definition) is 4. The van der Waals surface area contributed by atoms with E-state index in [9.17, 15) is 9.59 Å². The molecule has 7 nitrogen and oxygen atoms in total. The molecule has 1 fully saturated rings. The van der Waals surface area contributed by atoms with Crippen LogP contribution in [0, 0.1) is 0 Å². The first kappa shape index (κ1) is 9.53. The summed E-state index contributed by atoms with van der Waals surface area (Å²) in [6.45, 7) is 0. The predicted octanol–water partition coefficient (Wildman–Crippen LogP) is -1.93. The van der Waals surface area contributed by atoms with Gasteiger partial charge in [-0.1, -0.05) is 0 Å². The number of carboxylic acid groups (broad SMARTS) is 1. The van der Waals surface area contributed by atoms with Gasteiger partial charge in [-0.25, -0.2) is 10.2 Å². The number of nitrogens with one attached hydrogen (secondary N) is 2. The Hall–Kier alpha value is -2.02. The number of fused-ring (bicyclic) bond motifs is 1. The van der Waals surface area contributed by atoms with Crippen LogP contribution in [0.4, 0.5) is 0 Å². The molecule has 15 heavy (non-hydrogen) atoms. The lowest BCUT2D eigenvalue weighted by atomic mass is 10.0. The van der Waals surface area contributed by atoms with Crippen LogP contribution >= 0.6 is 0 Å². The maximum atomic E-state index is 11.6. The van der Waals surface area contributed by atoms with Crippen LogP contribution in [-0.4, -0.2) is 35.2 Å². The Balaban J connectivity index is 2.46. The summed E-state index contributed by atoms with van der Waals surface area (Å²) in [6, 6.07) is 0. The van der Waals surface area contributed by atoms with Crippen LogP contribution in [0.5, 0.6) is 0 Å². The summed E-state index contributed by atoms with van der Waals surface area (Å²) in [5.41, 5.74) is 8.58. The molecule has 0 aromatic carbocycles. The molecule has 0 bridgehead atoms. The Morgan fingerprint density at radius 2 is 2.33 bits per heavy atom. The summed E-state index contributed by atoms with van der Waals surface area (Å²) in [5, 5.41) is 12.8. The monoisotopic (exact) mass is 210 g/mol. The third-order valence-corrected chi connectivity index (χ3v) is 2.35. The lowest BCUT2D eigenvalue weighted by molar-refractivity contribution is -0.132. The van der Waals surface area contributed by atoms with Crippen molar-refractivity contribution in [3.05, 3.63) is 23.0 Å². The van der Waals surface area contributed by atoms with E-state index in [2.05, 4.69) is 10.7 Å².